The van der Waals surface area contributed by atoms with Crippen molar-refractivity contribution in [2.45, 2.75) is 32.3 Å². The molecule has 1 atom stereocenters. The van der Waals surface area contributed by atoms with Gasteiger partial charge in [-0.25, -0.2) is 9.59 Å². The molecule has 0 aliphatic rings. The Kier molecular flexibility index (Phi) is 9.03. The molecular formula is C26H25NO6. The molecule has 0 heterocycles. The number of hydrogen-bond acceptors (Lipinski definition) is 6. The maximum Gasteiger partial charge on any atom is 0.408 e. The molecule has 170 valence electrons. The van der Waals surface area contributed by atoms with Gasteiger partial charge >= 0.3 is 18.0 Å². The molecule has 0 radical (unpaired) electrons. The van der Waals surface area contributed by atoms with Crippen LogP contribution in [0.3, 0.4) is 0 Å². The predicted octanol–water partition coefficient (Wildman–Crippen LogP) is 4.16. The minimum absolute atomic E-state index is 0.00990. The Morgan fingerprint density at radius 3 is 1.52 bits per heavy atom. The van der Waals surface area contributed by atoms with Gasteiger partial charge in [-0.05, 0) is 16.7 Å². The zero-order chi connectivity index (χ0) is 23.3. The summed E-state index contributed by atoms with van der Waals surface area (Å²) >= 11 is 0. The van der Waals surface area contributed by atoms with Gasteiger partial charge in [0.05, 0.1) is 6.42 Å². The van der Waals surface area contributed by atoms with Crippen LogP contribution in [0.2, 0.25) is 0 Å². The minimum atomic E-state index is -1.25. The van der Waals surface area contributed by atoms with Crippen molar-refractivity contribution in [2.24, 2.45) is 0 Å². The second kappa shape index (κ2) is 12.7. The molecule has 0 aliphatic carbocycles. The van der Waals surface area contributed by atoms with E-state index < -0.39 is 24.1 Å². The van der Waals surface area contributed by atoms with Gasteiger partial charge in [-0.1, -0.05) is 91.0 Å². The van der Waals surface area contributed by atoms with Crippen molar-refractivity contribution in [3.8, 4) is 0 Å². The van der Waals surface area contributed by atoms with E-state index >= 15 is 0 Å². The van der Waals surface area contributed by atoms with Crippen LogP contribution in [0.25, 0.3) is 0 Å². The lowest BCUT2D eigenvalue weighted by atomic mass is 10.2. The average Bonchev–Trinajstić information content (AvgIpc) is 2.86. The first-order chi connectivity index (χ1) is 16.1. The summed E-state index contributed by atoms with van der Waals surface area (Å²) in [4.78, 5) is 37.3. The summed E-state index contributed by atoms with van der Waals surface area (Å²) in [5, 5.41) is 2.42. The summed E-state index contributed by atoms with van der Waals surface area (Å²) in [6, 6.07) is 26.1. The summed E-state index contributed by atoms with van der Waals surface area (Å²) in [5.41, 5.74) is 2.38. The van der Waals surface area contributed by atoms with Crippen LogP contribution in [-0.2, 0) is 43.6 Å². The summed E-state index contributed by atoms with van der Waals surface area (Å²) in [7, 11) is 0. The van der Waals surface area contributed by atoms with Gasteiger partial charge in [-0.2, -0.15) is 0 Å². The topological polar surface area (TPSA) is 90.9 Å². The lowest BCUT2D eigenvalue weighted by Gasteiger charge is -2.17. The van der Waals surface area contributed by atoms with Gasteiger partial charge < -0.3 is 19.5 Å². The molecule has 33 heavy (non-hydrogen) atoms. The Morgan fingerprint density at radius 1 is 0.606 bits per heavy atom. The molecule has 0 unspecified atom stereocenters. The molecule has 0 bridgehead atoms. The Labute approximate surface area is 192 Å². The highest BCUT2D eigenvalue weighted by Gasteiger charge is 2.27. The van der Waals surface area contributed by atoms with Gasteiger partial charge in [-0.15, -0.1) is 0 Å². The van der Waals surface area contributed by atoms with Crippen LogP contribution in [-0.4, -0.2) is 24.1 Å². The zero-order valence-electron chi connectivity index (χ0n) is 18.0. The highest BCUT2D eigenvalue weighted by Crippen LogP contribution is 2.08. The highest BCUT2D eigenvalue weighted by molar-refractivity contribution is 5.86. The molecular weight excluding hydrogens is 422 g/mol. The molecule has 0 spiro atoms. The number of carbonyl (C=O) groups is 3. The number of nitrogens with one attached hydrogen (secondary N) is 1. The number of carbonyl (C=O) groups excluding carboxylic acids is 3. The average molecular weight is 447 g/mol. The standard InChI is InChI=1S/C26H25NO6/c28-24(31-17-20-10-4-1-5-11-20)16-23(25(29)32-18-21-12-6-2-7-13-21)27-26(30)33-19-22-14-8-3-9-15-22/h1-15,23H,16-19H2,(H,27,30)/t23-/m1/s1. The Balaban J connectivity index is 1.56. The third-order valence-corrected chi connectivity index (χ3v) is 4.63. The molecule has 1 N–H and O–H groups in total. The smallest absolute Gasteiger partial charge is 0.408 e. The first-order valence-corrected chi connectivity index (χ1v) is 10.5. The van der Waals surface area contributed by atoms with Crippen molar-refractivity contribution in [2.75, 3.05) is 0 Å². The van der Waals surface area contributed by atoms with E-state index in [-0.39, 0.29) is 26.2 Å². The van der Waals surface area contributed by atoms with E-state index in [4.69, 9.17) is 14.2 Å². The summed E-state index contributed by atoms with van der Waals surface area (Å²) in [5.74, 6) is -1.41. The van der Waals surface area contributed by atoms with Crippen LogP contribution in [0.5, 0.6) is 0 Å². The molecule has 3 aromatic carbocycles. The van der Waals surface area contributed by atoms with E-state index in [0.29, 0.717) is 0 Å². The summed E-state index contributed by atoms with van der Waals surface area (Å²) in [6.45, 7) is 0.0940. The Bertz CT molecular complexity index is 967. The number of benzene rings is 3. The molecule has 0 saturated heterocycles. The van der Waals surface area contributed by atoms with Gasteiger partial charge in [0.25, 0.3) is 0 Å². The van der Waals surface area contributed by atoms with Gasteiger partial charge in [0.2, 0.25) is 0 Å². The van der Waals surface area contributed by atoms with E-state index in [1.54, 1.807) is 24.3 Å². The third kappa shape index (κ3) is 8.49. The van der Waals surface area contributed by atoms with Crippen molar-refractivity contribution in [1.82, 2.24) is 5.32 Å². The van der Waals surface area contributed by atoms with Gasteiger partial charge in [0.15, 0.2) is 0 Å². The fourth-order valence-corrected chi connectivity index (χ4v) is 2.89. The fourth-order valence-electron chi connectivity index (χ4n) is 2.89. The van der Waals surface area contributed by atoms with Crippen LogP contribution in [0.1, 0.15) is 23.1 Å². The summed E-state index contributed by atoms with van der Waals surface area (Å²) in [6.07, 6.45) is -1.22. The number of alkyl carbamates (subject to hydrolysis) is 1. The molecule has 7 heteroatoms. The van der Waals surface area contributed by atoms with E-state index in [1.807, 2.05) is 66.7 Å². The number of hydrogen-bond donors (Lipinski definition) is 1. The van der Waals surface area contributed by atoms with E-state index in [2.05, 4.69) is 5.32 Å². The SMILES string of the molecule is O=C(C[C@@H](NC(=O)OCc1ccccc1)C(=O)OCc1ccccc1)OCc1ccccc1. The first-order valence-electron chi connectivity index (χ1n) is 10.5. The fraction of sp³-hybridized carbons (Fsp3) is 0.192. The molecule has 0 aromatic heterocycles. The van der Waals surface area contributed by atoms with Crippen molar-refractivity contribution < 1.29 is 28.6 Å². The van der Waals surface area contributed by atoms with Crippen molar-refractivity contribution in [3.63, 3.8) is 0 Å². The van der Waals surface area contributed by atoms with E-state index in [0.717, 1.165) is 16.7 Å². The van der Waals surface area contributed by atoms with E-state index in [1.165, 1.54) is 0 Å². The minimum Gasteiger partial charge on any atom is -0.461 e. The highest BCUT2D eigenvalue weighted by atomic mass is 16.6. The zero-order valence-corrected chi connectivity index (χ0v) is 18.0. The van der Waals surface area contributed by atoms with Gasteiger partial charge in [0.1, 0.15) is 25.9 Å². The van der Waals surface area contributed by atoms with Crippen LogP contribution in [0.4, 0.5) is 4.79 Å². The molecule has 1 amide bonds. The quantitative estimate of drug-likeness (QED) is 0.371. The predicted molar refractivity (Wildman–Crippen MR) is 121 cm³/mol. The van der Waals surface area contributed by atoms with Gasteiger partial charge in [-0.3, -0.25) is 4.79 Å². The first kappa shape index (κ1) is 23.5. The number of amides is 1. The molecule has 3 rings (SSSR count). The maximum absolute atomic E-state index is 12.6. The maximum atomic E-state index is 12.6. The lowest BCUT2D eigenvalue weighted by Crippen LogP contribution is -2.43. The third-order valence-electron chi connectivity index (χ3n) is 4.63. The van der Waals surface area contributed by atoms with Gasteiger partial charge in [0, 0.05) is 0 Å². The van der Waals surface area contributed by atoms with Crippen molar-refractivity contribution >= 4 is 18.0 Å². The van der Waals surface area contributed by atoms with Crippen LogP contribution < -0.4 is 5.32 Å². The second-order valence-electron chi connectivity index (χ2n) is 7.20. The molecule has 0 aliphatic heterocycles. The van der Waals surface area contributed by atoms with Crippen LogP contribution >= 0.6 is 0 Å². The summed E-state index contributed by atoms with van der Waals surface area (Å²) < 4.78 is 15.7. The van der Waals surface area contributed by atoms with E-state index in [9.17, 15) is 14.4 Å². The lowest BCUT2D eigenvalue weighted by molar-refractivity contribution is -0.154. The monoisotopic (exact) mass is 447 g/mol. The Morgan fingerprint density at radius 2 is 1.03 bits per heavy atom. The second-order valence-corrected chi connectivity index (χ2v) is 7.20. The Hall–Kier alpha value is -4.13. The van der Waals surface area contributed by atoms with Crippen molar-refractivity contribution in [1.29, 1.82) is 0 Å². The number of rotatable bonds is 10. The van der Waals surface area contributed by atoms with Crippen LogP contribution in [0.15, 0.2) is 91.0 Å². The molecule has 0 fully saturated rings. The molecule has 3 aromatic rings. The normalized spacial score (nSPS) is 11.2. The number of esters is 2. The van der Waals surface area contributed by atoms with Crippen LogP contribution in [0, 0.1) is 0 Å². The number of ether oxygens (including phenoxy) is 3. The molecule has 0 saturated carbocycles. The molecule has 7 nitrogen and oxygen atoms in total. The van der Waals surface area contributed by atoms with Crippen molar-refractivity contribution in [3.05, 3.63) is 108 Å². The largest absolute Gasteiger partial charge is 0.461 e.